The standard InChI is InChI=1S/C16H25NO2/c1-14-5-3-9-17(14)10-4-12-19-16-7-2-6-15(13-16)8-11-18/h2,6-7,13-14,18H,3-5,8-12H2,1H3. The van der Waals surface area contributed by atoms with Gasteiger partial charge in [0.1, 0.15) is 5.75 Å². The van der Waals surface area contributed by atoms with Gasteiger partial charge in [0.2, 0.25) is 0 Å². The van der Waals surface area contributed by atoms with E-state index in [4.69, 9.17) is 9.84 Å². The summed E-state index contributed by atoms with van der Waals surface area (Å²) >= 11 is 0. The van der Waals surface area contributed by atoms with Gasteiger partial charge in [0.25, 0.3) is 0 Å². The van der Waals surface area contributed by atoms with Crippen molar-refractivity contribution in [1.82, 2.24) is 4.90 Å². The molecular formula is C16H25NO2. The molecule has 1 aliphatic rings. The van der Waals surface area contributed by atoms with Crippen molar-refractivity contribution in [2.75, 3.05) is 26.3 Å². The first-order valence-electron chi connectivity index (χ1n) is 7.36. The van der Waals surface area contributed by atoms with E-state index < -0.39 is 0 Å². The second-order valence-electron chi connectivity index (χ2n) is 5.35. The van der Waals surface area contributed by atoms with Crippen LogP contribution in [0.5, 0.6) is 5.75 Å². The lowest BCUT2D eigenvalue weighted by molar-refractivity contribution is 0.230. The molecule has 1 aromatic rings. The van der Waals surface area contributed by atoms with Crippen LogP contribution < -0.4 is 4.74 Å². The topological polar surface area (TPSA) is 32.7 Å². The lowest BCUT2D eigenvalue weighted by Gasteiger charge is -2.20. The van der Waals surface area contributed by atoms with E-state index in [0.717, 1.165) is 36.9 Å². The highest BCUT2D eigenvalue weighted by Gasteiger charge is 2.18. The fraction of sp³-hybridized carbons (Fsp3) is 0.625. The molecule has 3 heteroatoms. The average molecular weight is 263 g/mol. The molecular weight excluding hydrogens is 238 g/mol. The van der Waals surface area contributed by atoms with E-state index in [1.165, 1.54) is 19.4 Å². The van der Waals surface area contributed by atoms with E-state index in [9.17, 15) is 0 Å². The van der Waals surface area contributed by atoms with Crippen molar-refractivity contribution in [3.05, 3.63) is 29.8 Å². The first-order chi connectivity index (χ1) is 9.29. The molecule has 1 N–H and O–H groups in total. The van der Waals surface area contributed by atoms with Crippen LogP contribution in [-0.2, 0) is 6.42 Å². The Labute approximate surface area is 116 Å². The molecule has 1 aliphatic heterocycles. The van der Waals surface area contributed by atoms with Gasteiger partial charge in [-0.15, -0.1) is 0 Å². The Hall–Kier alpha value is -1.06. The number of hydrogen-bond donors (Lipinski definition) is 1. The van der Waals surface area contributed by atoms with E-state index in [-0.39, 0.29) is 6.61 Å². The predicted molar refractivity (Wildman–Crippen MR) is 77.6 cm³/mol. The van der Waals surface area contributed by atoms with Crippen molar-refractivity contribution in [2.45, 2.75) is 38.6 Å². The largest absolute Gasteiger partial charge is 0.494 e. The second kappa shape index (κ2) is 7.51. The second-order valence-corrected chi connectivity index (χ2v) is 5.35. The van der Waals surface area contributed by atoms with Crippen LogP contribution in [0.1, 0.15) is 31.7 Å². The van der Waals surface area contributed by atoms with Gasteiger partial charge in [-0.2, -0.15) is 0 Å². The average Bonchev–Trinajstić information content (AvgIpc) is 2.81. The quantitative estimate of drug-likeness (QED) is 0.767. The number of ether oxygens (including phenoxy) is 1. The van der Waals surface area contributed by atoms with E-state index in [1.54, 1.807) is 0 Å². The summed E-state index contributed by atoms with van der Waals surface area (Å²) in [5.74, 6) is 0.917. The molecule has 0 aliphatic carbocycles. The van der Waals surface area contributed by atoms with Crippen LogP contribution in [0.4, 0.5) is 0 Å². The normalized spacial score (nSPS) is 19.8. The van der Waals surface area contributed by atoms with Gasteiger partial charge in [0.05, 0.1) is 6.61 Å². The number of benzene rings is 1. The summed E-state index contributed by atoms with van der Waals surface area (Å²) in [6.07, 6.45) is 4.45. The van der Waals surface area contributed by atoms with Crippen LogP contribution in [0.25, 0.3) is 0 Å². The van der Waals surface area contributed by atoms with Crippen molar-refractivity contribution in [1.29, 1.82) is 0 Å². The Kier molecular flexibility index (Phi) is 5.67. The highest BCUT2D eigenvalue weighted by molar-refractivity contribution is 5.28. The Morgan fingerprint density at radius 1 is 1.42 bits per heavy atom. The van der Waals surface area contributed by atoms with E-state index >= 15 is 0 Å². The molecule has 0 aromatic heterocycles. The van der Waals surface area contributed by atoms with Crippen LogP contribution in [0.3, 0.4) is 0 Å². The van der Waals surface area contributed by atoms with Crippen LogP contribution in [-0.4, -0.2) is 42.4 Å². The number of likely N-dealkylation sites (tertiary alicyclic amines) is 1. The smallest absolute Gasteiger partial charge is 0.119 e. The summed E-state index contributed by atoms with van der Waals surface area (Å²) in [7, 11) is 0. The van der Waals surface area contributed by atoms with Gasteiger partial charge < -0.3 is 14.7 Å². The summed E-state index contributed by atoms with van der Waals surface area (Å²) in [5.41, 5.74) is 1.13. The van der Waals surface area contributed by atoms with Gasteiger partial charge >= 0.3 is 0 Å². The summed E-state index contributed by atoms with van der Waals surface area (Å²) in [4.78, 5) is 2.55. The van der Waals surface area contributed by atoms with Crippen LogP contribution in [0.2, 0.25) is 0 Å². The molecule has 3 nitrogen and oxygen atoms in total. The Bertz CT molecular complexity index is 381. The zero-order valence-corrected chi connectivity index (χ0v) is 11.8. The Morgan fingerprint density at radius 3 is 3.05 bits per heavy atom. The third-order valence-electron chi connectivity index (χ3n) is 3.85. The minimum Gasteiger partial charge on any atom is -0.494 e. The molecule has 0 radical (unpaired) electrons. The van der Waals surface area contributed by atoms with Crippen molar-refractivity contribution in [3.8, 4) is 5.75 Å². The highest BCUT2D eigenvalue weighted by Crippen LogP contribution is 2.17. The molecule has 0 amide bonds. The lowest BCUT2D eigenvalue weighted by atomic mass is 10.1. The number of aliphatic hydroxyl groups excluding tert-OH is 1. The van der Waals surface area contributed by atoms with E-state index in [0.29, 0.717) is 6.42 Å². The summed E-state index contributed by atoms with van der Waals surface area (Å²) in [6, 6.07) is 8.76. The molecule has 1 atom stereocenters. The van der Waals surface area contributed by atoms with E-state index in [1.807, 2.05) is 24.3 Å². The number of aliphatic hydroxyl groups is 1. The maximum Gasteiger partial charge on any atom is 0.119 e. The van der Waals surface area contributed by atoms with Gasteiger partial charge in [0, 0.05) is 19.2 Å². The first-order valence-corrected chi connectivity index (χ1v) is 7.36. The monoisotopic (exact) mass is 263 g/mol. The van der Waals surface area contributed by atoms with Crippen LogP contribution in [0, 0.1) is 0 Å². The highest BCUT2D eigenvalue weighted by atomic mass is 16.5. The SMILES string of the molecule is CC1CCCN1CCCOc1cccc(CCO)c1. The number of hydrogen-bond acceptors (Lipinski definition) is 3. The van der Waals surface area contributed by atoms with Gasteiger partial charge in [0.15, 0.2) is 0 Å². The maximum atomic E-state index is 8.92. The Morgan fingerprint density at radius 2 is 2.32 bits per heavy atom. The molecule has 0 spiro atoms. The first kappa shape index (κ1) is 14.4. The van der Waals surface area contributed by atoms with Crippen molar-refractivity contribution in [3.63, 3.8) is 0 Å². The summed E-state index contributed by atoms with van der Waals surface area (Å²) < 4.78 is 5.78. The zero-order chi connectivity index (χ0) is 13.5. The Balaban J connectivity index is 1.69. The zero-order valence-electron chi connectivity index (χ0n) is 11.8. The van der Waals surface area contributed by atoms with Gasteiger partial charge in [-0.25, -0.2) is 0 Å². The van der Waals surface area contributed by atoms with E-state index in [2.05, 4.69) is 11.8 Å². The molecule has 2 rings (SSSR count). The van der Waals surface area contributed by atoms with Crippen LogP contribution in [0.15, 0.2) is 24.3 Å². The maximum absolute atomic E-state index is 8.92. The molecule has 1 unspecified atom stereocenters. The van der Waals surface area contributed by atoms with Gasteiger partial charge in [-0.3, -0.25) is 0 Å². The molecule has 1 saturated heterocycles. The summed E-state index contributed by atoms with van der Waals surface area (Å²) in [6.45, 7) is 5.65. The van der Waals surface area contributed by atoms with Gasteiger partial charge in [-0.05, 0) is 56.8 Å². The third-order valence-corrected chi connectivity index (χ3v) is 3.85. The minimum atomic E-state index is 0.191. The molecule has 1 heterocycles. The minimum absolute atomic E-state index is 0.191. The molecule has 19 heavy (non-hydrogen) atoms. The molecule has 106 valence electrons. The van der Waals surface area contributed by atoms with Crippen molar-refractivity contribution in [2.24, 2.45) is 0 Å². The molecule has 1 fully saturated rings. The van der Waals surface area contributed by atoms with Crippen molar-refractivity contribution >= 4 is 0 Å². The number of nitrogens with zero attached hydrogens (tertiary/aromatic N) is 1. The third kappa shape index (κ3) is 4.51. The molecule has 0 saturated carbocycles. The fourth-order valence-corrected chi connectivity index (χ4v) is 2.70. The fourth-order valence-electron chi connectivity index (χ4n) is 2.70. The van der Waals surface area contributed by atoms with Crippen molar-refractivity contribution < 1.29 is 9.84 Å². The summed E-state index contributed by atoms with van der Waals surface area (Å²) in [5, 5.41) is 8.92. The molecule has 0 bridgehead atoms. The predicted octanol–water partition coefficient (Wildman–Crippen LogP) is 2.47. The lowest BCUT2D eigenvalue weighted by Crippen LogP contribution is -2.28. The molecule has 1 aromatic carbocycles. The van der Waals surface area contributed by atoms with Gasteiger partial charge in [-0.1, -0.05) is 12.1 Å². The van der Waals surface area contributed by atoms with Crippen LogP contribution >= 0.6 is 0 Å². The number of rotatable bonds is 7.